The number of carbonyl (C=O) groups excluding carboxylic acids is 3. The number of nitrogens with two attached hydrogens (primary N) is 1. The zero-order chi connectivity index (χ0) is 25.6. The van der Waals surface area contributed by atoms with E-state index in [4.69, 9.17) is 5.73 Å². The molecule has 0 aliphatic heterocycles. The van der Waals surface area contributed by atoms with Crippen molar-refractivity contribution in [2.45, 2.75) is 24.5 Å². The van der Waals surface area contributed by atoms with Crippen LogP contribution in [0, 0.1) is 11.8 Å². The van der Waals surface area contributed by atoms with Gasteiger partial charge in [-0.05, 0) is 55.9 Å². The number of ketones is 2. The topological polar surface area (TPSA) is 182 Å². The maximum Gasteiger partial charge on any atom is 0.255 e. The molecule has 1 saturated carbocycles. The van der Waals surface area contributed by atoms with Gasteiger partial charge in [0.15, 0.2) is 11.4 Å². The molecule has 1 fully saturated rings. The lowest BCUT2D eigenvalue weighted by molar-refractivity contribution is -0.153. The van der Waals surface area contributed by atoms with Gasteiger partial charge in [-0.1, -0.05) is 12.1 Å². The Hall–Kier alpha value is -3.89. The van der Waals surface area contributed by atoms with Crippen molar-refractivity contribution in [1.29, 1.82) is 0 Å². The molecule has 3 aliphatic carbocycles. The number of hydrogen-bond donors (Lipinski definition) is 6. The first-order chi connectivity index (χ1) is 16.4. The molecule has 35 heavy (non-hydrogen) atoms. The van der Waals surface area contributed by atoms with Crippen molar-refractivity contribution in [3.8, 4) is 11.5 Å². The molecule has 182 valence electrons. The molecule has 0 heterocycles. The number of amides is 1. The lowest BCUT2D eigenvalue weighted by Crippen LogP contribution is -2.65. The van der Waals surface area contributed by atoms with Crippen LogP contribution in [0.4, 0.5) is 0 Å². The van der Waals surface area contributed by atoms with Gasteiger partial charge in [0.2, 0.25) is 5.78 Å². The van der Waals surface area contributed by atoms with E-state index in [9.17, 15) is 39.9 Å². The summed E-state index contributed by atoms with van der Waals surface area (Å²) in [5, 5.41) is 55.4. The summed E-state index contributed by atoms with van der Waals surface area (Å²) in [5.41, 5.74) is 2.00. The van der Waals surface area contributed by atoms with E-state index in [0.29, 0.717) is 10.9 Å². The zero-order valence-corrected chi connectivity index (χ0v) is 18.9. The number of aliphatic hydroxyl groups excluding tert-OH is 2. The number of likely N-dealkylation sites (N-methyl/N-ethyl adjacent to an activating group) is 1. The molecule has 7 N–H and O–H groups in total. The van der Waals surface area contributed by atoms with Gasteiger partial charge in [0.25, 0.3) is 5.91 Å². The number of hydrogen-bond acceptors (Lipinski definition) is 9. The molecule has 5 rings (SSSR count). The molecule has 0 saturated heterocycles. The number of aliphatic hydroxyl groups is 3. The summed E-state index contributed by atoms with van der Waals surface area (Å²) in [5.74, 6) is -7.30. The number of Topliss-reactive ketones (excluding diaryl/α,β-unsaturated/α-hetero) is 2. The van der Waals surface area contributed by atoms with Gasteiger partial charge in [0.05, 0.1) is 17.0 Å². The highest BCUT2D eigenvalue weighted by Gasteiger charge is 2.64. The van der Waals surface area contributed by atoms with E-state index >= 15 is 0 Å². The summed E-state index contributed by atoms with van der Waals surface area (Å²) >= 11 is 0. The lowest BCUT2D eigenvalue weighted by Gasteiger charge is -2.50. The van der Waals surface area contributed by atoms with Gasteiger partial charge in [-0.3, -0.25) is 19.3 Å². The standard InChI is InChI=1S/C25H24N2O8/c1-27(2)18-12-8-11-7-10-6-9-4-3-5-13(28)14(9)19(29)15(10)20(30)16(11)22(32)25(12,35)23(33)17(21(18)31)24(26)34/h3-6,11-12,18,28-30,33,35H,7-8H2,1-2H3,(H2,26,34)/t11-,12-,18-,25-/m0/s1. The number of phenols is 2. The fourth-order valence-electron chi connectivity index (χ4n) is 6.05. The monoisotopic (exact) mass is 480 g/mol. The third-order valence-electron chi connectivity index (χ3n) is 7.53. The Morgan fingerprint density at radius 3 is 2.46 bits per heavy atom. The molecule has 0 bridgehead atoms. The summed E-state index contributed by atoms with van der Waals surface area (Å²) in [6, 6.07) is 5.23. The summed E-state index contributed by atoms with van der Waals surface area (Å²) in [4.78, 5) is 40.3. The van der Waals surface area contributed by atoms with E-state index in [0.717, 1.165) is 0 Å². The van der Waals surface area contributed by atoms with Crippen LogP contribution in [0.5, 0.6) is 11.5 Å². The minimum atomic E-state index is -2.68. The highest BCUT2D eigenvalue weighted by Crippen LogP contribution is 2.53. The third-order valence-corrected chi connectivity index (χ3v) is 7.53. The van der Waals surface area contributed by atoms with E-state index in [2.05, 4.69) is 0 Å². The van der Waals surface area contributed by atoms with E-state index < -0.39 is 63.8 Å². The van der Waals surface area contributed by atoms with Gasteiger partial charge in [-0.2, -0.15) is 0 Å². The molecular weight excluding hydrogens is 456 g/mol. The smallest absolute Gasteiger partial charge is 0.255 e. The molecule has 0 spiro atoms. The van der Waals surface area contributed by atoms with Crippen molar-refractivity contribution in [2.24, 2.45) is 17.6 Å². The number of aromatic hydroxyl groups is 2. The van der Waals surface area contributed by atoms with E-state index in [1.807, 2.05) is 0 Å². The molecule has 3 aliphatic rings. The first-order valence-corrected chi connectivity index (χ1v) is 11.0. The van der Waals surface area contributed by atoms with Crippen LogP contribution in [0.15, 0.2) is 41.2 Å². The molecule has 0 aromatic heterocycles. The normalized spacial score (nSPS) is 28.3. The van der Waals surface area contributed by atoms with Gasteiger partial charge in [0.1, 0.15) is 28.6 Å². The minimum absolute atomic E-state index is 0.0185. The lowest BCUT2D eigenvalue weighted by atomic mass is 9.57. The molecule has 10 heteroatoms. The number of primary amides is 1. The van der Waals surface area contributed by atoms with Crippen molar-refractivity contribution >= 4 is 34.0 Å². The second kappa shape index (κ2) is 7.30. The highest BCUT2D eigenvalue weighted by atomic mass is 16.3. The zero-order valence-electron chi connectivity index (χ0n) is 18.9. The molecule has 4 atom stereocenters. The van der Waals surface area contributed by atoms with Crippen LogP contribution < -0.4 is 5.73 Å². The molecule has 1 amide bonds. The predicted molar refractivity (Wildman–Crippen MR) is 123 cm³/mol. The van der Waals surface area contributed by atoms with Crippen molar-refractivity contribution in [1.82, 2.24) is 4.90 Å². The van der Waals surface area contributed by atoms with Crippen LogP contribution in [-0.4, -0.2) is 73.6 Å². The summed E-state index contributed by atoms with van der Waals surface area (Å²) in [7, 11) is 3.09. The van der Waals surface area contributed by atoms with Crippen LogP contribution in [0.1, 0.15) is 17.5 Å². The average Bonchev–Trinajstić information content (AvgIpc) is 2.75. The highest BCUT2D eigenvalue weighted by molar-refractivity contribution is 6.24. The fraction of sp³-hybridized carbons (Fsp3) is 0.320. The summed E-state index contributed by atoms with van der Waals surface area (Å²) < 4.78 is 0. The number of phenolic OH excluding ortho intramolecular Hbond substituents is 2. The molecule has 2 aromatic carbocycles. The van der Waals surface area contributed by atoms with Gasteiger partial charge in [-0.25, -0.2) is 0 Å². The quantitative estimate of drug-likeness (QED) is 0.339. The van der Waals surface area contributed by atoms with Crippen LogP contribution in [0.3, 0.4) is 0 Å². The number of nitrogens with zero attached hydrogens (tertiary/aromatic N) is 1. The molecule has 2 aromatic rings. The molecular formula is C25H24N2O8. The van der Waals surface area contributed by atoms with Crippen molar-refractivity contribution in [2.75, 3.05) is 14.1 Å². The Labute approximate surface area is 199 Å². The first-order valence-electron chi connectivity index (χ1n) is 11.0. The number of fused-ring (bicyclic) bond motifs is 4. The molecule has 0 unspecified atom stereocenters. The number of rotatable bonds is 2. The van der Waals surface area contributed by atoms with Crippen LogP contribution in [0.2, 0.25) is 0 Å². The second-order valence-corrected chi connectivity index (χ2v) is 9.60. The van der Waals surface area contributed by atoms with Crippen molar-refractivity contribution in [3.05, 3.63) is 52.3 Å². The fourth-order valence-corrected chi connectivity index (χ4v) is 6.05. The summed E-state index contributed by atoms with van der Waals surface area (Å²) in [6.07, 6.45) is 0.207. The average molecular weight is 480 g/mol. The Morgan fingerprint density at radius 1 is 1.14 bits per heavy atom. The second-order valence-electron chi connectivity index (χ2n) is 9.60. The van der Waals surface area contributed by atoms with Crippen molar-refractivity contribution < 1.29 is 39.9 Å². The Bertz CT molecular complexity index is 1420. The largest absolute Gasteiger partial charge is 0.508 e. The van der Waals surface area contributed by atoms with E-state index in [1.165, 1.54) is 11.0 Å². The van der Waals surface area contributed by atoms with E-state index in [1.54, 1.807) is 32.3 Å². The van der Waals surface area contributed by atoms with Gasteiger partial charge in [-0.15, -0.1) is 0 Å². The number of benzene rings is 2. The Morgan fingerprint density at radius 2 is 1.83 bits per heavy atom. The molecule has 10 nitrogen and oxygen atoms in total. The number of carbonyl (C=O) groups is 3. The maximum absolute atomic E-state index is 13.8. The van der Waals surface area contributed by atoms with Gasteiger partial charge < -0.3 is 31.3 Å². The van der Waals surface area contributed by atoms with Crippen LogP contribution >= 0.6 is 0 Å². The van der Waals surface area contributed by atoms with Crippen LogP contribution in [-0.2, 0) is 20.8 Å². The van der Waals surface area contributed by atoms with E-state index in [-0.39, 0.29) is 35.1 Å². The van der Waals surface area contributed by atoms with Gasteiger partial charge in [0, 0.05) is 11.5 Å². The minimum Gasteiger partial charge on any atom is -0.508 e. The first kappa shape index (κ1) is 22.9. The predicted octanol–water partition coefficient (Wildman–Crippen LogP) is 0.823. The van der Waals surface area contributed by atoms with Crippen molar-refractivity contribution in [3.63, 3.8) is 0 Å². The summed E-state index contributed by atoms with van der Waals surface area (Å²) in [6.45, 7) is 0. The molecule has 0 radical (unpaired) electrons. The SMILES string of the molecule is CN(C)[C@@H]1C(=O)C(C(N)=O)=C(O)[C@@]2(O)C(=O)C3=C(O)c4c(cc5cccc(O)c5c4O)C[C@H]3C[C@@H]12. The Kier molecular flexibility index (Phi) is 4.77. The third kappa shape index (κ3) is 2.80. The Balaban J connectivity index is 1.77. The maximum atomic E-state index is 13.8. The van der Waals surface area contributed by atoms with Crippen LogP contribution in [0.25, 0.3) is 16.5 Å². The van der Waals surface area contributed by atoms with Gasteiger partial charge >= 0.3 is 0 Å².